The fourth-order valence-electron chi connectivity index (χ4n) is 3.26. The summed E-state index contributed by atoms with van der Waals surface area (Å²) in [5.74, 6) is 1.16. The van der Waals surface area contributed by atoms with E-state index in [2.05, 4.69) is 39.7 Å². The third-order valence-electron chi connectivity index (χ3n) is 4.82. The van der Waals surface area contributed by atoms with E-state index in [0.717, 1.165) is 23.0 Å². The Kier molecular flexibility index (Phi) is 8.29. The molecule has 1 fully saturated rings. The van der Waals surface area contributed by atoms with Gasteiger partial charge in [0.2, 0.25) is 0 Å². The molecule has 0 bridgehead atoms. The molecule has 1 amide bonds. The molecular formula is C19H29IN2O3. The molecule has 5 nitrogen and oxygen atoms in total. The zero-order chi connectivity index (χ0) is 18.2. The van der Waals surface area contributed by atoms with Crippen LogP contribution in [0.4, 0.5) is 0 Å². The monoisotopic (exact) mass is 460 g/mol. The Morgan fingerprint density at radius 1 is 1.24 bits per heavy atom. The average molecular weight is 460 g/mol. The highest BCUT2D eigenvalue weighted by molar-refractivity contribution is 14.1. The van der Waals surface area contributed by atoms with Gasteiger partial charge in [-0.3, -0.25) is 4.79 Å². The van der Waals surface area contributed by atoms with Gasteiger partial charge >= 0.3 is 0 Å². The quantitative estimate of drug-likeness (QED) is 0.475. The minimum Gasteiger partial charge on any atom is -0.493 e. The van der Waals surface area contributed by atoms with Crippen LogP contribution in [-0.4, -0.2) is 50.7 Å². The van der Waals surface area contributed by atoms with Gasteiger partial charge < -0.3 is 19.7 Å². The number of nitrogens with zero attached hydrogens (tertiary/aromatic N) is 1. The summed E-state index contributed by atoms with van der Waals surface area (Å²) in [6.45, 7) is 5.37. The van der Waals surface area contributed by atoms with Crippen LogP contribution >= 0.6 is 22.6 Å². The number of nitrogens with one attached hydrogen (secondary N) is 1. The van der Waals surface area contributed by atoms with Crippen molar-refractivity contribution in [2.24, 2.45) is 0 Å². The second kappa shape index (κ2) is 10.2. The van der Waals surface area contributed by atoms with E-state index in [1.807, 2.05) is 6.07 Å². The maximum atomic E-state index is 12.4. The van der Waals surface area contributed by atoms with E-state index in [9.17, 15) is 4.79 Å². The molecule has 1 heterocycles. The molecular weight excluding hydrogens is 431 g/mol. The maximum Gasteiger partial charge on any atom is 0.252 e. The van der Waals surface area contributed by atoms with Gasteiger partial charge in [0.05, 0.1) is 19.8 Å². The predicted octanol–water partition coefficient (Wildman–Crippen LogP) is 3.69. The molecule has 140 valence electrons. The molecule has 0 spiro atoms. The Morgan fingerprint density at radius 2 is 1.96 bits per heavy atom. The number of hydrogen-bond acceptors (Lipinski definition) is 4. The number of rotatable bonds is 8. The second-order valence-corrected chi connectivity index (χ2v) is 7.69. The number of ether oxygens (including phenoxy) is 2. The van der Waals surface area contributed by atoms with Crippen molar-refractivity contribution in [1.82, 2.24) is 10.2 Å². The predicted molar refractivity (Wildman–Crippen MR) is 109 cm³/mol. The van der Waals surface area contributed by atoms with Gasteiger partial charge in [-0.25, -0.2) is 0 Å². The highest BCUT2D eigenvalue weighted by Crippen LogP contribution is 2.31. The lowest BCUT2D eigenvalue weighted by atomic mass is 10.0. The number of unbranched alkanes of at least 4 members (excludes halogenated alkanes) is 1. The van der Waals surface area contributed by atoms with Crippen molar-refractivity contribution in [1.29, 1.82) is 0 Å². The lowest BCUT2D eigenvalue weighted by Crippen LogP contribution is -2.38. The van der Waals surface area contributed by atoms with E-state index in [4.69, 9.17) is 9.47 Å². The topological polar surface area (TPSA) is 50.8 Å². The first-order valence-corrected chi connectivity index (χ1v) is 10.1. The van der Waals surface area contributed by atoms with Gasteiger partial charge in [-0.1, -0.05) is 6.42 Å². The van der Waals surface area contributed by atoms with E-state index >= 15 is 0 Å². The summed E-state index contributed by atoms with van der Waals surface area (Å²) < 4.78 is 11.4. The van der Waals surface area contributed by atoms with E-state index in [0.29, 0.717) is 29.6 Å². The summed E-state index contributed by atoms with van der Waals surface area (Å²) in [6, 6.07) is 4.27. The molecule has 1 aliphatic heterocycles. The van der Waals surface area contributed by atoms with Crippen LogP contribution in [-0.2, 0) is 0 Å². The standard InChI is InChI=1S/C19H29IN2O3/c1-14-8-4-6-10-22(14)11-7-5-9-21-19(23)15-12-17(24-2)18(25-3)13-16(15)20/h12-14H,4-11H2,1-3H3,(H,21,23). The first-order valence-electron chi connectivity index (χ1n) is 9.00. The first kappa shape index (κ1) is 20.3. The van der Waals surface area contributed by atoms with Gasteiger partial charge in [-0.15, -0.1) is 0 Å². The Hall–Kier alpha value is -1.02. The van der Waals surface area contributed by atoms with Gasteiger partial charge in [-0.2, -0.15) is 0 Å². The molecule has 0 radical (unpaired) electrons. The van der Waals surface area contributed by atoms with Gasteiger partial charge in [-0.05, 0) is 80.4 Å². The molecule has 6 heteroatoms. The SMILES string of the molecule is COc1cc(I)c(C(=O)NCCCCN2CCCCC2C)cc1OC. The average Bonchev–Trinajstić information content (AvgIpc) is 2.62. The van der Waals surface area contributed by atoms with Crippen LogP contribution in [0, 0.1) is 3.57 Å². The molecule has 25 heavy (non-hydrogen) atoms. The highest BCUT2D eigenvalue weighted by Gasteiger charge is 2.18. The molecule has 1 unspecified atom stereocenters. The Labute approximate surface area is 164 Å². The number of methoxy groups -OCH3 is 2. The molecule has 0 saturated carbocycles. The third kappa shape index (κ3) is 5.74. The maximum absolute atomic E-state index is 12.4. The van der Waals surface area contributed by atoms with Crippen LogP contribution in [0.1, 0.15) is 49.4 Å². The molecule has 2 rings (SSSR count). The Balaban J connectivity index is 1.78. The van der Waals surface area contributed by atoms with Crippen molar-refractivity contribution in [3.63, 3.8) is 0 Å². The lowest BCUT2D eigenvalue weighted by Gasteiger charge is -2.33. The zero-order valence-electron chi connectivity index (χ0n) is 15.4. The number of hydrogen-bond donors (Lipinski definition) is 1. The van der Waals surface area contributed by atoms with Crippen molar-refractivity contribution in [3.05, 3.63) is 21.3 Å². The van der Waals surface area contributed by atoms with Crippen molar-refractivity contribution >= 4 is 28.5 Å². The Morgan fingerprint density at radius 3 is 2.64 bits per heavy atom. The number of carbonyl (C=O) groups excluding carboxylic acids is 1. The van der Waals surface area contributed by atoms with Crippen molar-refractivity contribution in [3.8, 4) is 11.5 Å². The number of likely N-dealkylation sites (tertiary alicyclic amines) is 1. The molecule has 0 aliphatic carbocycles. The van der Waals surface area contributed by atoms with E-state index < -0.39 is 0 Å². The van der Waals surface area contributed by atoms with Gasteiger partial charge in [0, 0.05) is 16.2 Å². The first-order chi connectivity index (χ1) is 12.1. The fourth-order valence-corrected chi connectivity index (χ4v) is 3.94. The smallest absolute Gasteiger partial charge is 0.252 e. The summed E-state index contributed by atoms with van der Waals surface area (Å²) >= 11 is 2.15. The Bertz CT molecular complexity index is 580. The molecule has 1 aliphatic rings. The third-order valence-corrected chi connectivity index (χ3v) is 5.71. The summed E-state index contributed by atoms with van der Waals surface area (Å²) in [6.07, 6.45) is 6.11. The summed E-state index contributed by atoms with van der Waals surface area (Å²) in [5, 5.41) is 3.02. The molecule has 0 aromatic heterocycles. The van der Waals surface area contributed by atoms with Crippen LogP contribution in [0.25, 0.3) is 0 Å². The van der Waals surface area contributed by atoms with Crippen LogP contribution in [0.3, 0.4) is 0 Å². The molecule has 1 aromatic rings. The zero-order valence-corrected chi connectivity index (χ0v) is 17.6. The van der Waals surface area contributed by atoms with Gasteiger partial charge in [0.1, 0.15) is 0 Å². The minimum atomic E-state index is -0.0586. The minimum absolute atomic E-state index is 0.0586. The number of amides is 1. The molecule has 1 aromatic carbocycles. The second-order valence-electron chi connectivity index (χ2n) is 6.53. The fraction of sp³-hybridized carbons (Fsp3) is 0.632. The van der Waals surface area contributed by atoms with Crippen molar-refractivity contribution in [2.75, 3.05) is 33.9 Å². The normalized spacial score (nSPS) is 18.0. The number of benzene rings is 1. The summed E-state index contributed by atoms with van der Waals surface area (Å²) in [4.78, 5) is 15.0. The van der Waals surface area contributed by atoms with Crippen molar-refractivity contribution in [2.45, 2.75) is 45.1 Å². The number of carbonyl (C=O) groups is 1. The van der Waals surface area contributed by atoms with E-state index in [-0.39, 0.29) is 5.91 Å². The largest absolute Gasteiger partial charge is 0.493 e. The molecule has 1 saturated heterocycles. The summed E-state index contributed by atoms with van der Waals surface area (Å²) in [7, 11) is 3.17. The van der Waals surface area contributed by atoms with E-state index in [1.165, 1.54) is 25.8 Å². The van der Waals surface area contributed by atoms with Crippen molar-refractivity contribution < 1.29 is 14.3 Å². The number of piperidine rings is 1. The van der Waals surface area contributed by atoms with E-state index in [1.54, 1.807) is 20.3 Å². The van der Waals surface area contributed by atoms with Crippen LogP contribution in [0.2, 0.25) is 0 Å². The van der Waals surface area contributed by atoms with Gasteiger partial charge in [0.25, 0.3) is 5.91 Å². The highest BCUT2D eigenvalue weighted by atomic mass is 127. The van der Waals surface area contributed by atoms with Crippen LogP contribution < -0.4 is 14.8 Å². The van der Waals surface area contributed by atoms with Gasteiger partial charge in [0.15, 0.2) is 11.5 Å². The van der Waals surface area contributed by atoms with Crippen LogP contribution in [0.15, 0.2) is 12.1 Å². The number of halogens is 1. The molecule has 1 atom stereocenters. The summed E-state index contributed by atoms with van der Waals surface area (Å²) in [5.41, 5.74) is 0.628. The lowest BCUT2D eigenvalue weighted by molar-refractivity contribution is 0.0950. The molecule has 1 N–H and O–H groups in total. The van der Waals surface area contributed by atoms with Crippen LogP contribution in [0.5, 0.6) is 11.5 Å².